The van der Waals surface area contributed by atoms with E-state index in [1.165, 1.54) is 0 Å². The largest absolute Gasteiger partial charge is 0.272 e. The molecular weight excluding hydrogens is 188 g/mol. The van der Waals surface area contributed by atoms with Crippen molar-refractivity contribution in [1.29, 1.82) is 0 Å². The Morgan fingerprint density at radius 2 is 2.13 bits per heavy atom. The molecule has 0 bridgehead atoms. The summed E-state index contributed by atoms with van der Waals surface area (Å²) in [7, 11) is 0. The van der Waals surface area contributed by atoms with Crippen molar-refractivity contribution in [3.63, 3.8) is 0 Å². The summed E-state index contributed by atoms with van der Waals surface area (Å²) in [6.07, 6.45) is 2.66. The first-order chi connectivity index (χ1) is 7.29. The molecule has 1 aromatic carbocycles. The smallest absolute Gasteiger partial charge is 0.249 e. The molecule has 0 saturated carbocycles. The van der Waals surface area contributed by atoms with Gasteiger partial charge < -0.3 is 0 Å². The maximum absolute atomic E-state index is 12.0. The van der Waals surface area contributed by atoms with Crippen molar-refractivity contribution in [2.75, 3.05) is 6.54 Å². The Kier molecular flexibility index (Phi) is 2.81. The summed E-state index contributed by atoms with van der Waals surface area (Å²) in [5.41, 5.74) is 1.05. The van der Waals surface area contributed by atoms with Gasteiger partial charge >= 0.3 is 0 Å². The number of carbonyl (C=O) groups excluding carboxylic acids is 1. The maximum Gasteiger partial charge on any atom is 0.249 e. The first kappa shape index (κ1) is 9.90. The van der Waals surface area contributed by atoms with Gasteiger partial charge in [0.15, 0.2) is 0 Å². The first-order valence-electron chi connectivity index (χ1n) is 5.18. The van der Waals surface area contributed by atoms with E-state index in [0.29, 0.717) is 0 Å². The monoisotopic (exact) mass is 202 g/mol. The highest BCUT2D eigenvalue weighted by molar-refractivity contribution is 5.84. The number of rotatable bonds is 2. The molecule has 0 unspecified atom stereocenters. The Morgan fingerprint density at radius 1 is 1.40 bits per heavy atom. The molecule has 3 nitrogen and oxygen atoms in total. The van der Waals surface area contributed by atoms with E-state index in [9.17, 15) is 4.79 Å². The van der Waals surface area contributed by atoms with Crippen LogP contribution in [-0.2, 0) is 4.79 Å². The third-order valence-electron chi connectivity index (χ3n) is 2.62. The molecule has 0 spiro atoms. The summed E-state index contributed by atoms with van der Waals surface area (Å²) in [5, 5.41) is 5.59. The van der Waals surface area contributed by atoms with E-state index in [0.717, 1.165) is 18.5 Å². The third kappa shape index (κ3) is 2.06. The molecule has 15 heavy (non-hydrogen) atoms. The third-order valence-corrected chi connectivity index (χ3v) is 2.62. The lowest BCUT2D eigenvalue weighted by molar-refractivity contribution is -0.131. The molecule has 1 aliphatic heterocycles. The van der Waals surface area contributed by atoms with Gasteiger partial charge in [0.2, 0.25) is 5.91 Å². The minimum Gasteiger partial charge on any atom is -0.272 e. The van der Waals surface area contributed by atoms with Crippen LogP contribution in [0, 0.1) is 0 Å². The van der Waals surface area contributed by atoms with Crippen molar-refractivity contribution in [3.8, 4) is 0 Å². The minimum absolute atomic E-state index is 0.0787. The average molecular weight is 202 g/mol. The van der Waals surface area contributed by atoms with Crippen LogP contribution in [0.4, 0.5) is 0 Å². The zero-order chi connectivity index (χ0) is 10.7. The Hall–Kier alpha value is -1.64. The van der Waals surface area contributed by atoms with Crippen LogP contribution in [0.15, 0.2) is 35.4 Å². The van der Waals surface area contributed by atoms with Crippen LogP contribution in [0.25, 0.3) is 0 Å². The number of benzene rings is 1. The number of hydrazone groups is 1. The van der Waals surface area contributed by atoms with Crippen molar-refractivity contribution in [3.05, 3.63) is 35.9 Å². The molecule has 0 aliphatic carbocycles. The first-order valence-corrected chi connectivity index (χ1v) is 5.18. The Labute approximate surface area is 89.4 Å². The minimum atomic E-state index is -0.110. The lowest BCUT2D eigenvalue weighted by Crippen LogP contribution is -2.27. The van der Waals surface area contributed by atoms with Gasteiger partial charge in [-0.15, -0.1) is 0 Å². The molecule has 0 aromatic heterocycles. The zero-order valence-electron chi connectivity index (χ0n) is 8.76. The van der Waals surface area contributed by atoms with E-state index in [1.807, 2.05) is 37.3 Å². The van der Waals surface area contributed by atoms with Crippen LogP contribution in [-0.4, -0.2) is 23.7 Å². The highest BCUT2D eigenvalue weighted by atomic mass is 16.2. The summed E-state index contributed by atoms with van der Waals surface area (Å²) in [6, 6.07) is 9.80. The van der Waals surface area contributed by atoms with Gasteiger partial charge in [-0.3, -0.25) is 4.79 Å². The van der Waals surface area contributed by atoms with Crippen LogP contribution >= 0.6 is 0 Å². The molecule has 0 saturated heterocycles. The summed E-state index contributed by atoms with van der Waals surface area (Å²) >= 11 is 0. The highest BCUT2D eigenvalue weighted by Crippen LogP contribution is 2.18. The van der Waals surface area contributed by atoms with Crippen LogP contribution in [0.1, 0.15) is 24.8 Å². The average Bonchev–Trinajstić information content (AvgIpc) is 2.82. The van der Waals surface area contributed by atoms with Crippen LogP contribution < -0.4 is 0 Å². The van der Waals surface area contributed by atoms with Gasteiger partial charge in [0.05, 0.1) is 5.92 Å². The van der Waals surface area contributed by atoms with E-state index in [4.69, 9.17) is 0 Å². The molecule has 1 atom stereocenters. The fraction of sp³-hybridized carbons (Fsp3) is 0.333. The lowest BCUT2D eigenvalue weighted by atomic mass is 10.0. The molecule has 0 N–H and O–H groups in total. The van der Waals surface area contributed by atoms with Crippen LogP contribution in [0.3, 0.4) is 0 Å². The van der Waals surface area contributed by atoms with E-state index in [2.05, 4.69) is 5.10 Å². The van der Waals surface area contributed by atoms with Gasteiger partial charge in [-0.05, 0) is 12.5 Å². The van der Waals surface area contributed by atoms with Gasteiger partial charge in [-0.25, -0.2) is 5.01 Å². The molecule has 0 fully saturated rings. The molecule has 1 aromatic rings. The second kappa shape index (κ2) is 4.26. The molecule has 2 rings (SSSR count). The number of amides is 1. The predicted molar refractivity (Wildman–Crippen MR) is 59.7 cm³/mol. The van der Waals surface area contributed by atoms with E-state index < -0.39 is 0 Å². The van der Waals surface area contributed by atoms with Gasteiger partial charge in [0.1, 0.15) is 0 Å². The standard InChI is InChI=1S/C12H14N2O/c1-10(11-6-3-2-4-7-11)12(15)14-9-5-8-13-14/h2-4,6-8,10H,5,9H2,1H3/t10-/m1/s1. The summed E-state index contributed by atoms with van der Waals surface area (Å²) in [6.45, 7) is 2.64. The van der Waals surface area contributed by atoms with E-state index >= 15 is 0 Å². The molecule has 1 aliphatic rings. The number of nitrogens with zero attached hydrogens (tertiary/aromatic N) is 2. The second-order valence-corrected chi connectivity index (χ2v) is 3.68. The predicted octanol–water partition coefficient (Wildman–Crippen LogP) is 2.01. The topological polar surface area (TPSA) is 32.7 Å². The number of hydrogen-bond donors (Lipinski definition) is 0. The maximum atomic E-state index is 12.0. The fourth-order valence-electron chi connectivity index (χ4n) is 1.67. The van der Waals surface area contributed by atoms with Gasteiger partial charge in [0, 0.05) is 19.2 Å². The van der Waals surface area contributed by atoms with Crippen molar-refractivity contribution in [1.82, 2.24) is 5.01 Å². The normalized spacial score (nSPS) is 16.7. The Morgan fingerprint density at radius 3 is 2.73 bits per heavy atom. The summed E-state index contributed by atoms with van der Waals surface area (Å²) in [4.78, 5) is 12.0. The van der Waals surface area contributed by atoms with E-state index in [1.54, 1.807) is 11.2 Å². The Bertz CT molecular complexity index is 372. The van der Waals surface area contributed by atoms with Crippen molar-refractivity contribution >= 4 is 12.1 Å². The summed E-state index contributed by atoms with van der Waals surface area (Å²) in [5.74, 6) is -0.0311. The van der Waals surface area contributed by atoms with Gasteiger partial charge in [0.25, 0.3) is 0 Å². The molecule has 1 heterocycles. The SMILES string of the molecule is C[C@@H](C(=O)N1CCC=N1)c1ccccc1. The Balaban J connectivity index is 2.11. The molecule has 78 valence electrons. The van der Waals surface area contributed by atoms with Crippen molar-refractivity contribution in [2.24, 2.45) is 5.10 Å². The highest BCUT2D eigenvalue weighted by Gasteiger charge is 2.22. The fourth-order valence-corrected chi connectivity index (χ4v) is 1.67. The lowest BCUT2D eigenvalue weighted by Gasteiger charge is -2.17. The summed E-state index contributed by atoms with van der Waals surface area (Å²) < 4.78 is 0. The molecule has 3 heteroatoms. The zero-order valence-corrected chi connectivity index (χ0v) is 8.76. The van der Waals surface area contributed by atoms with Crippen molar-refractivity contribution < 1.29 is 4.79 Å². The van der Waals surface area contributed by atoms with Crippen LogP contribution in [0.2, 0.25) is 0 Å². The molecule has 0 radical (unpaired) electrons. The quantitative estimate of drug-likeness (QED) is 0.722. The van der Waals surface area contributed by atoms with Gasteiger partial charge in [-0.2, -0.15) is 5.10 Å². The molecule has 1 amide bonds. The van der Waals surface area contributed by atoms with Gasteiger partial charge in [-0.1, -0.05) is 30.3 Å². The van der Waals surface area contributed by atoms with Crippen LogP contribution in [0.5, 0.6) is 0 Å². The number of hydrogen-bond acceptors (Lipinski definition) is 2. The number of carbonyl (C=O) groups is 1. The van der Waals surface area contributed by atoms with Crippen molar-refractivity contribution in [2.45, 2.75) is 19.3 Å². The second-order valence-electron chi connectivity index (χ2n) is 3.68. The van der Waals surface area contributed by atoms with E-state index in [-0.39, 0.29) is 11.8 Å². The molecular formula is C12H14N2O.